The van der Waals surface area contributed by atoms with Gasteiger partial charge < -0.3 is 13.7 Å². The average molecular weight is 932 g/mol. The fourth-order valence-electron chi connectivity index (χ4n) is 13.5. The summed E-state index contributed by atoms with van der Waals surface area (Å²) in [6.45, 7) is 4.74. The molecule has 13 aromatic rings. The summed E-state index contributed by atoms with van der Waals surface area (Å²) in [5.74, 6) is 0. The van der Waals surface area contributed by atoms with Crippen molar-refractivity contribution in [3.63, 3.8) is 0 Å². The fraction of sp³-hybridized carbons (Fsp3) is 0.0571. The molecule has 1 unspecified atom stereocenters. The second-order valence-corrected chi connectivity index (χ2v) is 20.6. The molecule has 3 heteroatoms. The zero-order valence-electron chi connectivity index (χ0n) is 40.3. The Bertz CT molecular complexity index is 4470. The Labute approximate surface area is 422 Å². The predicted molar refractivity (Wildman–Crippen MR) is 300 cm³/mol. The minimum absolute atomic E-state index is 0.166. The van der Waals surface area contributed by atoms with E-state index in [2.05, 4.69) is 243 Å². The Morgan fingerprint density at radius 2 is 0.849 bits per heavy atom. The van der Waals surface area contributed by atoms with Crippen molar-refractivity contribution in [2.24, 2.45) is 0 Å². The minimum Gasteiger partial charge on any atom is -0.455 e. The summed E-state index contributed by atoms with van der Waals surface area (Å²) in [6, 6.07) is 87.2. The van der Waals surface area contributed by atoms with Crippen LogP contribution in [0.3, 0.4) is 0 Å². The van der Waals surface area contributed by atoms with Gasteiger partial charge in [-0.2, -0.15) is 0 Å². The monoisotopic (exact) mass is 931 g/mol. The van der Waals surface area contributed by atoms with Crippen molar-refractivity contribution >= 4 is 60.9 Å². The number of furan rings is 2. The van der Waals surface area contributed by atoms with Crippen LogP contribution in [0.25, 0.3) is 99.5 Å². The fourth-order valence-corrected chi connectivity index (χ4v) is 13.5. The largest absolute Gasteiger partial charge is 0.455 e. The van der Waals surface area contributed by atoms with Gasteiger partial charge in [-0.25, -0.2) is 0 Å². The molecule has 0 bridgehead atoms. The molecule has 11 aromatic carbocycles. The summed E-state index contributed by atoms with van der Waals surface area (Å²) in [4.78, 5) is 2.51. The molecule has 0 fully saturated rings. The first-order chi connectivity index (χ1) is 36.0. The van der Waals surface area contributed by atoms with E-state index in [0.717, 1.165) is 72.1 Å². The maximum Gasteiger partial charge on any atom is 0.143 e. The van der Waals surface area contributed by atoms with Crippen LogP contribution in [0.1, 0.15) is 47.2 Å². The second kappa shape index (κ2) is 14.7. The van der Waals surface area contributed by atoms with Crippen LogP contribution in [-0.2, 0) is 10.8 Å². The summed E-state index contributed by atoms with van der Waals surface area (Å²) in [7, 11) is 0. The van der Waals surface area contributed by atoms with Gasteiger partial charge in [0, 0.05) is 55.0 Å². The first-order valence-electron chi connectivity index (χ1n) is 25.4. The number of para-hydroxylation sites is 3. The molecule has 3 nitrogen and oxygen atoms in total. The Morgan fingerprint density at radius 3 is 1.62 bits per heavy atom. The molecule has 0 N–H and O–H groups in total. The van der Waals surface area contributed by atoms with Gasteiger partial charge in [0.25, 0.3) is 0 Å². The molecule has 0 saturated carbocycles. The van der Waals surface area contributed by atoms with E-state index in [9.17, 15) is 0 Å². The molecule has 0 radical (unpaired) electrons. The van der Waals surface area contributed by atoms with E-state index in [1.54, 1.807) is 0 Å². The highest BCUT2D eigenvalue weighted by molar-refractivity contribution is 6.16. The van der Waals surface area contributed by atoms with E-state index in [-0.39, 0.29) is 5.41 Å². The Morgan fingerprint density at radius 1 is 0.315 bits per heavy atom. The van der Waals surface area contributed by atoms with Gasteiger partial charge in [-0.15, -0.1) is 0 Å². The molecule has 3 aliphatic rings. The van der Waals surface area contributed by atoms with Gasteiger partial charge >= 0.3 is 0 Å². The zero-order valence-corrected chi connectivity index (χ0v) is 40.3. The number of hydrogen-bond acceptors (Lipinski definition) is 3. The van der Waals surface area contributed by atoms with Crippen molar-refractivity contribution in [2.45, 2.75) is 24.7 Å². The average Bonchev–Trinajstić information content (AvgIpc) is 4.23. The van der Waals surface area contributed by atoms with Crippen LogP contribution in [0.15, 0.2) is 245 Å². The van der Waals surface area contributed by atoms with E-state index in [0.29, 0.717) is 0 Å². The highest BCUT2D eigenvalue weighted by Crippen LogP contribution is 2.65. The van der Waals surface area contributed by atoms with Gasteiger partial charge in [0.15, 0.2) is 0 Å². The second-order valence-electron chi connectivity index (χ2n) is 20.6. The van der Waals surface area contributed by atoms with Crippen LogP contribution in [-0.4, -0.2) is 0 Å². The van der Waals surface area contributed by atoms with Crippen LogP contribution in [0.5, 0.6) is 0 Å². The van der Waals surface area contributed by atoms with Crippen molar-refractivity contribution < 1.29 is 8.83 Å². The van der Waals surface area contributed by atoms with Crippen LogP contribution in [0, 0.1) is 0 Å². The van der Waals surface area contributed by atoms with E-state index in [1.807, 2.05) is 12.1 Å². The van der Waals surface area contributed by atoms with Gasteiger partial charge in [0.05, 0.1) is 11.1 Å². The first kappa shape index (κ1) is 40.5. The molecule has 0 amide bonds. The van der Waals surface area contributed by atoms with Crippen LogP contribution in [0.4, 0.5) is 17.1 Å². The van der Waals surface area contributed by atoms with Crippen molar-refractivity contribution in [3.05, 3.63) is 270 Å². The van der Waals surface area contributed by atoms with Gasteiger partial charge in [-0.05, 0) is 121 Å². The van der Waals surface area contributed by atoms with Crippen molar-refractivity contribution in [3.8, 4) is 55.6 Å². The number of fused-ring (bicyclic) bond motifs is 19. The van der Waals surface area contributed by atoms with E-state index >= 15 is 0 Å². The SMILES string of the molecule is CC1(C)c2ccccc2-c2ccc(N(c3ccc(-c4ccccc4)cc3)c3cccc4c3-c3ccccc3C43c4ccccc4-c4cc5c(cc43)oc3c(-c4cccc6c4oc4ccccc46)cccc35)cc21. The lowest BCUT2D eigenvalue weighted by Gasteiger charge is -2.32. The van der Waals surface area contributed by atoms with Crippen molar-refractivity contribution in [1.29, 1.82) is 0 Å². The molecule has 73 heavy (non-hydrogen) atoms. The number of benzene rings is 11. The standard InChI is InChI=1S/C70H45NO2/c1-69(2)57-27-10-6-19-46(57)48-38-37-45(39-61(48)69)71(44-35-33-43(34-36-44)42-17-4-3-5-18-42)63-31-16-30-60-66(63)54-22-8-12-29-59(54)70(60)58-28-11-7-20-47(58)55-40-56-53-26-15-25-52(68(53)73-65(56)41-62(55)70)51-24-14-23-50-49-21-9-13-32-64(49)72-67(50)51/h3-41H,1-2H3. The number of rotatable bonds is 5. The molecule has 2 aromatic heterocycles. The van der Waals surface area contributed by atoms with Gasteiger partial charge in [0.2, 0.25) is 0 Å². The quantitative estimate of drug-likeness (QED) is 0.172. The molecule has 2 heterocycles. The topological polar surface area (TPSA) is 29.5 Å². The molecule has 0 aliphatic heterocycles. The highest BCUT2D eigenvalue weighted by Gasteiger charge is 2.53. The lowest BCUT2D eigenvalue weighted by Crippen LogP contribution is -2.26. The van der Waals surface area contributed by atoms with Crippen LogP contribution < -0.4 is 4.90 Å². The maximum atomic E-state index is 7.21. The number of nitrogens with zero attached hydrogens (tertiary/aromatic N) is 1. The molecule has 1 atom stereocenters. The third-order valence-electron chi connectivity index (χ3n) is 16.7. The lowest BCUT2D eigenvalue weighted by molar-refractivity contribution is 0.660. The van der Waals surface area contributed by atoms with Crippen molar-refractivity contribution in [2.75, 3.05) is 4.90 Å². The molecule has 0 saturated heterocycles. The first-order valence-corrected chi connectivity index (χ1v) is 25.4. The minimum atomic E-state index is -0.617. The van der Waals surface area contributed by atoms with E-state index in [1.165, 1.54) is 77.9 Å². The lowest BCUT2D eigenvalue weighted by atomic mass is 9.70. The highest BCUT2D eigenvalue weighted by atomic mass is 16.3. The summed E-state index contributed by atoms with van der Waals surface area (Å²) in [5, 5.41) is 4.41. The Kier molecular flexibility index (Phi) is 8.16. The predicted octanol–water partition coefficient (Wildman–Crippen LogP) is 18.9. The van der Waals surface area contributed by atoms with Gasteiger partial charge in [0.1, 0.15) is 22.3 Å². The number of anilines is 3. The van der Waals surface area contributed by atoms with E-state index in [4.69, 9.17) is 8.83 Å². The Balaban J connectivity index is 0.931. The molecule has 3 aliphatic carbocycles. The summed E-state index contributed by atoms with van der Waals surface area (Å²) >= 11 is 0. The summed E-state index contributed by atoms with van der Waals surface area (Å²) in [5.41, 5.74) is 25.9. The molecule has 16 rings (SSSR count). The normalized spacial score (nSPS) is 15.4. The molecule has 1 spiro atoms. The maximum absolute atomic E-state index is 7.21. The van der Waals surface area contributed by atoms with Crippen LogP contribution >= 0.6 is 0 Å². The molecular formula is C70H45NO2. The Hall–Kier alpha value is -9.18. The van der Waals surface area contributed by atoms with Crippen LogP contribution in [0.2, 0.25) is 0 Å². The third kappa shape index (κ3) is 5.38. The van der Waals surface area contributed by atoms with Gasteiger partial charge in [-0.1, -0.05) is 202 Å². The molecule has 342 valence electrons. The number of hydrogen-bond donors (Lipinski definition) is 0. The summed E-state index contributed by atoms with van der Waals surface area (Å²) < 4.78 is 13.8. The van der Waals surface area contributed by atoms with Crippen molar-refractivity contribution in [1.82, 2.24) is 0 Å². The smallest absolute Gasteiger partial charge is 0.143 e. The van der Waals surface area contributed by atoms with Gasteiger partial charge in [-0.3, -0.25) is 0 Å². The van der Waals surface area contributed by atoms with E-state index < -0.39 is 5.41 Å². The zero-order chi connectivity index (χ0) is 48.2. The molecular weight excluding hydrogens is 887 g/mol. The third-order valence-corrected chi connectivity index (χ3v) is 16.7. The summed E-state index contributed by atoms with van der Waals surface area (Å²) in [6.07, 6.45) is 0.